The molecule has 2 saturated heterocycles. The Morgan fingerprint density at radius 1 is 0.833 bits per heavy atom. The molecule has 0 radical (unpaired) electrons. The Morgan fingerprint density at radius 3 is 1.57 bits per heavy atom. The van der Waals surface area contributed by atoms with Crippen molar-refractivity contribution in [2.75, 3.05) is 0 Å². The molecule has 0 aliphatic carbocycles. The predicted molar refractivity (Wildman–Crippen MR) is 147 cm³/mol. The van der Waals surface area contributed by atoms with Gasteiger partial charge in [0.1, 0.15) is 24.7 Å². The molecule has 2 aromatic heterocycles. The van der Waals surface area contributed by atoms with E-state index >= 15 is 0 Å². The van der Waals surface area contributed by atoms with Gasteiger partial charge in [-0.25, -0.2) is 14.4 Å². The molecule has 2 fully saturated rings. The fraction of sp³-hybridized carbons (Fsp3) is 0.435. The van der Waals surface area contributed by atoms with E-state index in [0.717, 1.165) is 9.13 Å². The average Bonchev–Trinajstić information content (AvgIpc) is 3.49. The highest BCUT2D eigenvalue weighted by molar-refractivity contribution is 9.11. The second kappa shape index (κ2) is 13.4. The maximum atomic E-state index is 12.3. The fourth-order valence-electron chi connectivity index (χ4n) is 4.37. The molecule has 0 saturated carbocycles. The van der Waals surface area contributed by atoms with Crippen LogP contribution in [-0.4, -0.2) is 82.7 Å². The van der Waals surface area contributed by atoms with Crippen LogP contribution in [0.5, 0.6) is 0 Å². The molecule has 2 aliphatic rings. The van der Waals surface area contributed by atoms with E-state index in [9.17, 15) is 44.4 Å². The number of nitrogens with zero attached hydrogens (tertiary/aromatic N) is 2. The van der Waals surface area contributed by atoms with Crippen molar-refractivity contribution in [2.24, 2.45) is 0 Å². The highest BCUT2D eigenvalue weighted by Gasteiger charge is 2.44. The zero-order valence-corrected chi connectivity index (χ0v) is 24.3. The maximum Gasteiger partial charge on any atom is 0.513 e. The fourth-order valence-corrected chi connectivity index (χ4v) is 4.94. The van der Waals surface area contributed by atoms with Gasteiger partial charge in [-0.15, -0.1) is 0 Å². The third-order valence-electron chi connectivity index (χ3n) is 6.37. The third-order valence-corrected chi connectivity index (χ3v) is 6.89. The van der Waals surface area contributed by atoms with E-state index in [0.29, 0.717) is 0 Å². The zero-order valence-electron chi connectivity index (χ0n) is 21.1. The summed E-state index contributed by atoms with van der Waals surface area (Å²) in [5.41, 5.74) is -2.87. The van der Waals surface area contributed by atoms with Crippen LogP contribution in [0.2, 0.25) is 0 Å². The van der Waals surface area contributed by atoms with Gasteiger partial charge in [0.15, 0.2) is 0 Å². The second-order valence-corrected chi connectivity index (χ2v) is 10.1. The largest absolute Gasteiger partial charge is 0.513 e. The molecule has 2 aromatic rings. The minimum absolute atomic E-state index is 0.0857. The monoisotopic (exact) mass is 722 g/mol. The van der Waals surface area contributed by atoms with Crippen LogP contribution in [0, 0.1) is 0 Å². The summed E-state index contributed by atoms with van der Waals surface area (Å²) in [6, 6.07) is 0. The smallest absolute Gasteiger partial charge is 0.401 e. The Hall–Kier alpha value is -3.17. The van der Waals surface area contributed by atoms with Gasteiger partial charge in [-0.3, -0.25) is 28.7 Å². The van der Waals surface area contributed by atoms with Crippen LogP contribution in [0.25, 0.3) is 12.2 Å². The molecule has 6 N–H and O–H groups in total. The molecule has 228 valence electrons. The quantitative estimate of drug-likeness (QED) is 0.140. The summed E-state index contributed by atoms with van der Waals surface area (Å²) in [6.07, 6.45) is -9.56. The Kier molecular flexibility index (Phi) is 10.1. The molecule has 0 amide bonds. The van der Waals surface area contributed by atoms with Gasteiger partial charge in [0.25, 0.3) is 11.1 Å². The highest BCUT2D eigenvalue weighted by Crippen LogP contribution is 2.32. The molecular formula is C23H24Br2N4O13. The van der Waals surface area contributed by atoms with E-state index in [1.54, 1.807) is 0 Å². The number of nitrogens with one attached hydrogen (secondary N) is 2. The van der Waals surface area contributed by atoms with E-state index in [1.165, 1.54) is 34.5 Å². The summed E-state index contributed by atoms with van der Waals surface area (Å²) in [7, 11) is 0. The van der Waals surface area contributed by atoms with Gasteiger partial charge < -0.3 is 39.4 Å². The number of H-pyrrole nitrogens is 2. The van der Waals surface area contributed by atoms with Gasteiger partial charge >= 0.3 is 17.5 Å². The van der Waals surface area contributed by atoms with Crippen molar-refractivity contribution in [2.45, 2.75) is 62.3 Å². The zero-order chi connectivity index (χ0) is 30.7. The molecule has 2 aliphatic heterocycles. The lowest BCUT2D eigenvalue weighted by Crippen LogP contribution is -2.41. The Balaban J connectivity index is 1.37. The van der Waals surface area contributed by atoms with Gasteiger partial charge in [0.2, 0.25) is 12.6 Å². The van der Waals surface area contributed by atoms with Crippen LogP contribution >= 0.6 is 31.9 Å². The van der Waals surface area contributed by atoms with E-state index in [1.807, 2.05) is 0 Å². The molecule has 0 bridgehead atoms. The molecule has 4 rings (SSSR count). The number of hydrogen-bond acceptors (Lipinski definition) is 13. The van der Waals surface area contributed by atoms with Gasteiger partial charge in [-0.2, -0.15) is 0 Å². The molecule has 2 unspecified atom stereocenters. The number of ether oxygens (including phenoxy) is 4. The molecule has 19 heteroatoms. The molecule has 0 spiro atoms. The minimum Gasteiger partial charge on any atom is -0.401 e. The van der Waals surface area contributed by atoms with E-state index < -0.39 is 78.1 Å². The van der Waals surface area contributed by atoms with Crippen molar-refractivity contribution in [3.8, 4) is 0 Å². The maximum absolute atomic E-state index is 12.3. The van der Waals surface area contributed by atoms with Crippen LogP contribution in [0.3, 0.4) is 0 Å². The first-order valence-electron chi connectivity index (χ1n) is 12.1. The summed E-state index contributed by atoms with van der Waals surface area (Å²) in [5, 5.41) is 41.4. The molecule has 8 atom stereocenters. The van der Waals surface area contributed by atoms with Crippen molar-refractivity contribution in [3.63, 3.8) is 0 Å². The number of aliphatic hydroxyl groups is 4. The summed E-state index contributed by atoms with van der Waals surface area (Å²) in [6.45, 7) is 0. The summed E-state index contributed by atoms with van der Waals surface area (Å²) < 4.78 is 22.3. The summed E-state index contributed by atoms with van der Waals surface area (Å²) in [4.78, 5) is 67.5. The van der Waals surface area contributed by atoms with Crippen molar-refractivity contribution < 1.29 is 44.2 Å². The normalized spacial score (nSPS) is 27.5. The van der Waals surface area contributed by atoms with Gasteiger partial charge in [0, 0.05) is 25.2 Å². The van der Waals surface area contributed by atoms with Crippen molar-refractivity contribution in [1.82, 2.24) is 19.1 Å². The SMILES string of the molecule is O=C(OC(O)[C@H]1O[C@@H](n2cc(/C=C/Br)c(=O)[nH]c2=O)C[C@@H]1O)OC(O)[C@H]1O[C@@H](n2cc(/C=C/Br)c(=O)[nH]c2=O)C[C@@H]1O. The molecular weight excluding hydrogens is 700 g/mol. The van der Waals surface area contributed by atoms with Crippen molar-refractivity contribution >= 4 is 50.2 Å². The van der Waals surface area contributed by atoms with Crippen LogP contribution in [-0.2, 0) is 18.9 Å². The number of carbonyl (C=O) groups excluding carboxylic acids is 1. The van der Waals surface area contributed by atoms with Gasteiger partial charge in [-0.05, 0) is 22.1 Å². The molecule has 42 heavy (non-hydrogen) atoms. The standard InChI is InChI=1S/C23H24Br2N4O13/c24-3-1-9-7-28(21(36)26-17(9)32)13-5-11(30)15(39-13)19(34)41-23(38)42-20(35)16-12(31)6-14(40-16)29-8-10(2-4-25)18(33)27-22(29)37/h1-4,7-8,11-16,19-20,30-31,34-35H,5-6H2,(H,26,32,36)(H,27,33,37)/b3-1+,4-2+/t11-,12-,13+,14+,15-,16-,19?,20?/m0/s1. The van der Waals surface area contributed by atoms with Crippen molar-refractivity contribution in [3.05, 3.63) is 75.2 Å². The average molecular weight is 724 g/mol. The minimum atomic E-state index is -2.13. The number of hydrogen-bond donors (Lipinski definition) is 6. The second-order valence-electron chi connectivity index (χ2n) is 9.07. The Bertz CT molecular complexity index is 1480. The Labute approximate surface area is 250 Å². The topological polar surface area (TPSA) is 245 Å². The lowest BCUT2D eigenvalue weighted by atomic mass is 10.1. The van der Waals surface area contributed by atoms with Crippen LogP contribution < -0.4 is 22.5 Å². The molecule has 17 nitrogen and oxygen atoms in total. The number of aromatic nitrogens is 4. The number of rotatable bonds is 8. The number of carbonyl (C=O) groups is 1. The number of aromatic amines is 2. The van der Waals surface area contributed by atoms with Crippen LogP contribution in [0.15, 0.2) is 41.5 Å². The first-order valence-corrected chi connectivity index (χ1v) is 13.9. The van der Waals surface area contributed by atoms with Crippen molar-refractivity contribution in [1.29, 1.82) is 0 Å². The molecule has 0 aromatic carbocycles. The Morgan fingerprint density at radius 2 is 1.21 bits per heavy atom. The molecule has 4 heterocycles. The number of aliphatic hydroxyl groups excluding tert-OH is 4. The lowest BCUT2D eigenvalue weighted by molar-refractivity contribution is -0.210. The van der Waals surface area contributed by atoms with Gasteiger partial charge in [-0.1, -0.05) is 31.9 Å². The lowest BCUT2D eigenvalue weighted by Gasteiger charge is -2.24. The third kappa shape index (κ3) is 6.89. The van der Waals surface area contributed by atoms with E-state index in [2.05, 4.69) is 41.8 Å². The first-order chi connectivity index (χ1) is 19.9. The first kappa shape index (κ1) is 31.8. The summed E-state index contributed by atoms with van der Waals surface area (Å²) in [5.74, 6) is 0. The summed E-state index contributed by atoms with van der Waals surface area (Å²) >= 11 is 6.04. The van der Waals surface area contributed by atoms with Gasteiger partial charge in [0.05, 0.1) is 23.3 Å². The van der Waals surface area contributed by atoms with Crippen LogP contribution in [0.1, 0.15) is 36.4 Å². The highest BCUT2D eigenvalue weighted by atomic mass is 79.9. The van der Waals surface area contributed by atoms with E-state index in [4.69, 9.17) is 18.9 Å². The van der Waals surface area contributed by atoms with Crippen LogP contribution in [0.4, 0.5) is 4.79 Å². The number of halogens is 2. The predicted octanol–water partition coefficient (Wildman–Crippen LogP) is -1.10. The van der Waals surface area contributed by atoms with E-state index in [-0.39, 0.29) is 24.0 Å².